The average molecular weight is 463 g/mol. The van der Waals surface area contributed by atoms with Gasteiger partial charge in [0, 0.05) is 45.0 Å². The maximum absolute atomic E-state index is 12.6. The highest BCUT2D eigenvalue weighted by Crippen LogP contribution is 2.46. The van der Waals surface area contributed by atoms with Crippen LogP contribution in [0.1, 0.15) is 57.7 Å². The molecule has 1 aliphatic carbocycles. The predicted molar refractivity (Wildman–Crippen MR) is 127 cm³/mol. The molecule has 1 aliphatic heterocycles. The second-order valence-electron chi connectivity index (χ2n) is 10.2. The maximum atomic E-state index is 12.6. The van der Waals surface area contributed by atoms with Crippen LogP contribution in [0.3, 0.4) is 0 Å². The number of nitrogens with zero attached hydrogens (tertiary/aromatic N) is 8. The Morgan fingerprint density at radius 1 is 1.24 bits per heavy atom. The molecule has 1 atom stereocenters. The van der Waals surface area contributed by atoms with Crippen LogP contribution in [-0.2, 0) is 11.8 Å². The number of hydrogen-bond donors (Lipinski definition) is 0. The quantitative estimate of drug-likeness (QED) is 0.588. The van der Waals surface area contributed by atoms with Crippen molar-refractivity contribution in [3.63, 3.8) is 0 Å². The summed E-state index contributed by atoms with van der Waals surface area (Å²) in [6.45, 7) is 9.54. The molecule has 10 nitrogen and oxygen atoms in total. The highest BCUT2D eigenvalue weighted by Gasteiger charge is 2.35. The van der Waals surface area contributed by atoms with E-state index < -0.39 is 5.60 Å². The Balaban J connectivity index is 1.51. The Morgan fingerprint density at radius 3 is 2.62 bits per heavy atom. The fraction of sp³-hybridized carbons (Fsp3) is 0.542. The van der Waals surface area contributed by atoms with E-state index in [1.54, 1.807) is 29.0 Å². The van der Waals surface area contributed by atoms with Crippen molar-refractivity contribution in [3.8, 4) is 11.9 Å². The second-order valence-corrected chi connectivity index (χ2v) is 10.2. The van der Waals surface area contributed by atoms with Gasteiger partial charge in [0.1, 0.15) is 29.5 Å². The fourth-order valence-corrected chi connectivity index (χ4v) is 4.61. The van der Waals surface area contributed by atoms with Gasteiger partial charge in [-0.15, -0.1) is 0 Å². The van der Waals surface area contributed by atoms with Crippen LogP contribution < -0.4 is 4.90 Å². The summed E-state index contributed by atoms with van der Waals surface area (Å²) in [7, 11) is 1.77. The molecule has 3 aromatic heterocycles. The summed E-state index contributed by atoms with van der Waals surface area (Å²) < 4.78 is 9.13. The molecule has 0 radical (unpaired) electrons. The van der Waals surface area contributed by atoms with Gasteiger partial charge in [-0.2, -0.15) is 10.4 Å². The molecular weight excluding hydrogens is 432 g/mol. The average Bonchev–Trinajstić information content (AvgIpc) is 3.44. The van der Waals surface area contributed by atoms with Crippen LogP contribution in [0.2, 0.25) is 0 Å². The van der Waals surface area contributed by atoms with Crippen molar-refractivity contribution in [2.75, 3.05) is 24.5 Å². The first-order valence-corrected chi connectivity index (χ1v) is 11.7. The Hall–Kier alpha value is -3.61. The van der Waals surface area contributed by atoms with E-state index in [4.69, 9.17) is 9.72 Å². The molecular formula is C24H30N8O2. The van der Waals surface area contributed by atoms with Gasteiger partial charge < -0.3 is 14.5 Å². The Labute approximate surface area is 198 Å². The summed E-state index contributed by atoms with van der Waals surface area (Å²) in [4.78, 5) is 26.0. The van der Waals surface area contributed by atoms with E-state index in [1.165, 1.54) is 5.56 Å². The van der Waals surface area contributed by atoms with E-state index in [1.807, 2.05) is 25.3 Å². The molecule has 1 saturated carbocycles. The van der Waals surface area contributed by atoms with Gasteiger partial charge in [-0.3, -0.25) is 9.25 Å². The van der Waals surface area contributed by atoms with Crippen molar-refractivity contribution < 1.29 is 9.53 Å². The van der Waals surface area contributed by atoms with Crippen molar-refractivity contribution in [2.45, 2.75) is 58.1 Å². The molecule has 0 bridgehead atoms. The number of amides is 1. The van der Waals surface area contributed by atoms with Gasteiger partial charge in [-0.1, -0.05) is 0 Å². The zero-order valence-electron chi connectivity index (χ0n) is 20.3. The minimum absolute atomic E-state index is 0.0646. The van der Waals surface area contributed by atoms with Crippen LogP contribution in [0.5, 0.6) is 0 Å². The highest BCUT2D eigenvalue weighted by molar-refractivity contribution is 5.93. The molecule has 4 heterocycles. The van der Waals surface area contributed by atoms with E-state index in [-0.39, 0.29) is 12.1 Å². The summed E-state index contributed by atoms with van der Waals surface area (Å²) in [5, 5.41) is 14.9. The van der Waals surface area contributed by atoms with E-state index in [9.17, 15) is 10.1 Å². The molecule has 3 aromatic rings. The first-order chi connectivity index (χ1) is 16.2. The Morgan fingerprint density at radius 2 is 2.00 bits per heavy atom. The van der Waals surface area contributed by atoms with E-state index >= 15 is 0 Å². The van der Waals surface area contributed by atoms with Gasteiger partial charge in [0.15, 0.2) is 11.5 Å². The summed E-state index contributed by atoms with van der Waals surface area (Å²) in [6.07, 6.45) is 5.69. The number of carbonyl (C=O) groups is 1. The molecule has 5 rings (SSSR count). The number of rotatable bonds is 3. The van der Waals surface area contributed by atoms with Gasteiger partial charge in [0.2, 0.25) is 0 Å². The molecule has 10 heteroatoms. The number of piperazine rings is 1. The number of hydrogen-bond acceptors (Lipinski definition) is 7. The zero-order chi connectivity index (χ0) is 24.2. The normalized spacial score (nSPS) is 18.9. The second kappa shape index (κ2) is 8.01. The van der Waals surface area contributed by atoms with Gasteiger partial charge in [0.05, 0.1) is 5.39 Å². The predicted octanol–water partition coefficient (Wildman–Crippen LogP) is 3.35. The molecule has 1 unspecified atom stereocenters. The van der Waals surface area contributed by atoms with Gasteiger partial charge >= 0.3 is 6.09 Å². The molecule has 1 saturated heterocycles. The van der Waals surface area contributed by atoms with Gasteiger partial charge in [0.25, 0.3) is 0 Å². The third-order valence-electron chi connectivity index (χ3n) is 6.39. The third kappa shape index (κ3) is 3.95. The van der Waals surface area contributed by atoms with Crippen LogP contribution in [0.4, 0.5) is 10.6 Å². The van der Waals surface area contributed by atoms with Crippen LogP contribution in [-0.4, -0.2) is 66.6 Å². The molecule has 0 aromatic carbocycles. The highest BCUT2D eigenvalue weighted by atomic mass is 16.6. The lowest BCUT2D eigenvalue weighted by molar-refractivity contribution is 0.0218. The lowest BCUT2D eigenvalue weighted by Gasteiger charge is -2.41. The van der Waals surface area contributed by atoms with Gasteiger partial charge in [-0.25, -0.2) is 14.8 Å². The number of carbonyl (C=O) groups excluding carboxylic acids is 1. The Bertz CT molecular complexity index is 1290. The summed E-state index contributed by atoms with van der Waals surface area (Å²) >= 11 is 0. The largest absolute Gasteiger partial charge is 0.444 e. The minimum atomic E-state index is -0.519. The molecule has 2 aliphatic rings. The van der Waals surface area contributed by atoms with E-state index in [0.29, 0.717) is 37.1 Å². The van der Waals surface area contributed by atoms with E-state index in [0.717, 1.165) is 29.7 Å². The molecule has 1 amide bonds. The maximum Gasteiger partial charge on any atom is 0.410 e. The first kappa shape index (κ1) is 22.2. The lowest BCUT2D eigenvalue weighted by Crippen LogP contribution is -2.54. The number of nitriles is 1. The smallest absolute Gasteiger partial charge is 0.410 e. The van der Waals surface area contributed by atoms with Crippen molar-refractivity contribution >= 4 is 22.9 Å². The lowest BCUT2D eigenvalue weighted by atomic mass is 10.1. The summed E-state index contributed by atoms with van der Waals surface area (Å²) in [6, 6.07) is 4.02. The van der Waals surface area contributed by atoms with Crippen molar-refractivity contribution in [1.29, 1.82) is 5.26 Å². The molecule has 0 N–H and O–H groups in total. The van der Waals surface area contributed by atoms with Crippen LogP contribution >= 0.6 is 0 Å². The number of anilines is 1. The van der Waals surface area contributed by atoms with Crippen LogP contribution in [0.25, 0.3) is 16.9 Å². The SMILES string of the molecule is CC1CN(C(=O)OC(C)(C)C)CCN1c1ncnc2c1c(C1CC1)cn2-c1cc(C#N)n(C)n1. The monoisotopic (exact) mass is 462 g/mol. The fourth-order valence-electron chi connectivity index (χ4n) is 4.61. The summed E-state index contributed by atoms with van der Waals surface area (Å²) in [5.74, 6) is 2.04. The summed E-state index contributed by atoms with van der Waals surface area (Å²) in [5.41, 5.74) is 1.98. The molecule has 2 fully saturated rings. The van der Waals surface area contributed by atoms with Crippen molar-refractivity contribution in [3.05, 3.63) is 29.8 Å². The van der Waals surface area contributed by atoms with Gasteiger partial charge in [-0.05, 0) is 52.0 Å². The number of fused-ring (bicyclic) bond motifs is 1. The molecule has 0 spiro atoms. The first-order valence-electron chi connectivity index (χ1n) is 11.7. The Kier molecular flexibility index (Phi) is 5.23. The number of aromatic nitrogens is 5. The molecule has 34 heavy (non-hydrogen) atoms. The number of ether oxygens (including phenoxy) is 1. The zero-order valence-corrected chi connectivity index (χ0v) is 20.3. The standard InChI is InChI=1S/C24H30N8O2/c1-15-12-30(23(33)34-24(2,3)4)8-9-31(15)21-20-18(16-6-7-16)13-32(22(20)27-14-26-21)19-10-17(11-25)29(5)28-19/h10,13-16H,6-9,12H2,1-5H3. The van der Waals surface area contributed by atoms with Crippen molar-refractivity contribution in [1.82, 2.24) is 29.2 Å². The van der Waals surface area contributed by atoms with E-state index in [2.05, 4.69) is 34.2 Å². The topological polar surface area (TPSA) is 105 Å². The van der Waals surface area contributed by atoms with Crippen molar-refractivity contribution in [2.24, 2.45) is 7.05 Å². The number of aryl methyl sites for hydroxylation is 1. The van der Waals surface area contributed by atoms with Crippen LogP contribution in [0, 0.1) is 11.3 Å². The molecule has 178 valence electrons. The van der Waals surface area contributed by atoms with Crippen LogP contribution in [0.15, 0.2) is 18.6 Å². The third-order valence-corrected chi connectivity index (χ3v) is 6.39. The minimum Gasteiger partial charge on any atom is -0.444 e.